The van der Waals surface area contributed by atoms with E-state index in [1.807, 2.05) is 12.1 Å². The Bertz CT molecular complexity index is 2240. The fourth-order valence-electron chi connectivity index (χ4n) is 4.94. The van der Waals surface area contributed by atoms with E-state index >= 15 is 0 Å². The summed E-state index contributed by atoms with van der Waals surface area (Å²) in [4.78, 5) is 61.4. The second-order valence-electron chi connectivity index (χ2n) is 11.8. The zero-order valence-electron chi connectivity index (χ0n) is 29.7. The topological polar surface area (TPSA) is 197 Å². The Morgan fingerprint density at radius 2 is 1.05 bits per heavy atom. The number of nitrogens with zero attached hydrogens (tertiary/aromatic N) is 2. The predicted molar refractivity (Wildman–Crippen MR) is 209 cm³/mol. The van der Waals surface area contributed by atoms with E-state index in [2.05, 4.69) is 16.0 Å². The molecule has 0 atom stereocenters. The number of hydrogen-bond donors (Lipinski definition) is 3. The van der Waals surface area contributed by atoms with E-state index in [0.717, 1.165) is 0 Å². The number of nitrogens with one attached hydrogen (secondary N) is 3. The van der Waals surface area contributed by atoms with Crippen molar-refractivity contribution in [1.82, 2.24) is 5.32 Å². The molecule has 0 heterocycles. The number of halogens is 4. The third kappa shape index (κ3) is 12.3. The molecule has 4 aromatic carbocycles. The van der Waals surface area contributed by atoms with E-state index in [1.54, 1.807) is 38.1 Å². The molecule has 3 N–H and O–H groups in total. The average molecular weight is 840 g/mol. The Kier molecular flexibility index (Phi) is 15.5. The summed E-state index contributed by atoms with van der Waals surface area (Å²) in [5, 5.41) is 26.5. The third-order valence-electron chi connectivity index (χ3n) is 7.51. The summed E-state index contributed by atoms with van der Waals surface area (Å²) in [5.74, 6) is -3.06. The number of carbonyl (C=O) groups is 5. The fourth-order valence-corrected chi connectivity index (χ4v) is 6.17. The molecule has 0 saturated heterocycles. The Morgan fingerprint density at radius 1 is 0.607 bits per heavy atom. The number of hydrogen-bond acceptors (Lipinski definition) is 10. The van der Waals surface area contributed by atoms with Gasteiger partial charge < -0.3 is 30.2 Å². The smallest absolute Gasteiger partial charge is 0.333 e. The highest BCUT2D eigenvalue weighted by atomic mass is 35.5. The maximum atomic E-state index is 12.8. The lowest BCUT2D eigenvalue weighted by atomic mass is 10.1. The normalized spacial score (nSPS) is 10.4. The van der Waals surface area contributed by atoms with Crippen LogP contribution in [0.2, 0.25) is 20.1 Å². The molecule has 0 radical (unpaired) electrons. The van der Waals surface area contributed by atoms with Crippen molar-refractivity contribution in [2.75, 3.05) is 17.2 Å². The van der Waals surface area contributed by atoms with Crippen LogP contribution in [0.5, 0.6) is 11.5 Å². The highest BCUT2D eigenvalue weighted by Gasteiger charge is 2.19. The van der Waals surface area contributed by atoms with E-state index in [-0.39, 0.29) is 75.0 Å². The maximum absolute atomic E-state index is 12.8. The molecule has 0 aromatic heterocycles. The van der Waals surface area contributed by atoms with Crippen molar-refractivity contribution in [1.29, 1.82) is 10.5 Å². The molecule has 0 aliphatic heterocycles. The van der Waals surface area contributed by atoms with Gasteiger partial charge in [-0.3, -0.25) is 19.2 Å². The molecular formula is C39H31Cl4N5O8. The van der Waals surface area contributed by atoms with Crippen LogP contribution >= 0.6 is 46.4 Å². The second kappa shape index (κ2) is 20.2. The monoisotopic (exact) mass is 837 g/mol. The van der Waals surface area contributed by atoms with Crippen molar-refractivity contribution in [3.8, 4) is 23.6 Å². The number of carbonyl (C=O) groups excluding carboxylic acids is 5. The van der Waals surface area contributed by atoms with Gasteiger partial charge in [-0.15, -0.1) is 0 Å². The molecule has 0 unspecified atom stereocenters. The summed E-state index contributed by atoms with van der Waals surface area (Å²) in [6.07, 6.45) is 0.111. The first-order chi connectivity index (χ1) is 26.7. The molecule has 13 nitrogen and oxygen atoms in total. The van der Waals surface area contributed by atoms with Gasteiger partial charge in [0.15, 0.2) is 11.5 Å². The van der Waals surface area contributed by atoms with Crippen molar-refractivity contribution >= 4 is 87.4 Å². The Labute approximate surface area is 341 Å². The molecule has 0 spiro atoms. The number of rotatable bonds is 15. The van der Waals surface area contributed by atoms with Crippen molar-refractivity contribution in [3.63, 3.8) is 0 Å². The van der Waals surface area contributed by atoms with Gasteiger partial charge in [0.2, 0.25) is 11.8 Å². The molecule has 0 fully saturated rings. The van der Waals surface area contributed by atoms with Crippen molar-refractivity contribution in [2.45, 2.75) is 46.3 Å². The van der Waals surface area contributed by atoms with Gasteiger partial charge in [0.1, 0.15) is 19.8 Å². The zero-order valence-corrected chi connectivity index (χ0v) is 32.7. The molecule has 56 heavy (non-hydrogen) atoms. The lowest BCUT2D eigenvalue weighted by Gasteiger charge is -2.13. The molecule has 4 rings (SSSR count). The first-order valence-corrected chi connectivity index (χ1v) is 18.1. The summed E-state index contributed by atoms with van der Waals surface area (Å²) in [6.45, 7) is 2.59. The van der Waals surface area contributed by atoms with E-state index < -0.39 is 30.8 Å². The van der Waals surface area contributed by atoms with Crippen LogP contribution in [0.3, 0.4) is 0 Å². The lowest BCUT2D eigenvalue weighted by molar-refractivity contribution is -0.158. The minimum Gasteiger partial charge on any atom is -0.486 e. The van der Waals surface area contributed by atoms with E-state index in [1.165, 1.54) is 36.4 Å². The van der Waals surface area contributed by atoms with Crippen molar-refractivity contribution < 1.29 is 38.2 Å². The zero-order chi connectivity index (χ0) is 40.9. The van der Waals surface area contributed by atoms with Gasteiger partial charge >= 0.3 is 11.9 Å². The van der Waals surface area contributed by atoms with Gasteiger partial charge in [-0.25, -0.2) is 4.79 Å². The average Bonchev–Trinajstić information content (AvgIpc) is 3.15. The predicted octanol–water partition coefficient (Wildman–Crippen LogP) is 7.94. The minimum atomic E-state index is -1.05. The van der Waals surface area contributed by atoms with Crippen LogP contribution in [0.1, 0.15) is 64.9 Å². The molecule has 4 aromatic rings. The molecule has 17 heteroatoms. The van der Waals surface area contributed by atoms with E-state index in [0.29, 0.717) is 39.2 Å². The highest BCUT2D eigenvalue weighted by molar-refractivity contribution is 6.38. The Balaban J connectivity index is 1.30. The van der Waals surface area contributed by atoms with Crippen LogP contribution in [0, 0.1) is 22.7 Å². The number of ether oxygens (including phenoxy) is 3. The first-order valence-electron chi connectivity index (χ1n) is 16.6. The van der Waals surface area contributed by atoms with Crippen LogP contribution in [0.15, 0.2) is 60.7 Å². The van der Waals surface area contributed by atoms with Crippen LogP contribution < -0.4 is 25.4 Å². The standard InChI is InChI=1S/C39H31Cl4N5O8/c1-3-33(49)47-27-7-22(16-44)5-24(9-27)19-54-37-29(40)11-21(12-30(37)41)13-35(51)56-36(52)18-46-39(53)26-14-31(42)38(32(43)15-26)55-20-25-6-23(17-45)8-28(10-25)48-34(50)4-2/h5-12,14-15H,3-4,13,18-20H2,1-2H3,(H,46,53)(H,47,49)(H,48,50). The van der Waals surface area contributed by atoms with Crippen molar-refractivity contribution in [3.05, 3.63) is 114 Å². The van der Waals surface area contributed by atoms with Gasteiger partial charge in [0.25, 0.3) is 5.91 Å². The summed E-state index contributed by atoms with van der Waals surface area (Å²) < 4.78 is 16.4. The second-order valence-corrected chi connectivity index (χ2v) is 13.4. The van der Waals surface area contributed by atoms with Crippen LogP contribution in [-0.2, 0) is 43.5 Å². The lowest BCUT2D eigenvalue weighted by Crippen LogP contribution is -2.32. The number of amides is 3. The van der Waals surface area contributed by atoms with Crippen molar-refractivity contribution in [2.24, 2.45) is 0 Å². The number of esters is 2. The SMILES string of the molecule is CCC(=O)Nc1cc(C#N)cc(COc2c(Cl)cc(CC(=O)OC(=O)CNC(=O)c3cc(Cl)c(OCc4cc(C#N)cc(NC(=O)CC)c4)c(Cl)c3)cc2Cl)c1. The van der Waals surface area contributed by atoms with Gasteiger partial charge in [0.05, 0.1) is 49.8 Å². The Hall–Kier alpha value is -5.83. The molecule has 3 amide bonds. The van der Waals surface area contributed by atoms with Crippen LogP contribution in [0.25, 0.3) is 0 Å². The highest BCUT2D eigenvalue weighted by Crippen LogP contribution is 2.36. The largest absolute Gasteiger partial charge is 0.486 e. The van der Waals surface area contributed by atoms with E-state index in [4.69, 9.17) is 60.6 Å². The summed E-state index contributed by atoms with van der Waals surface area (Å²) in [6, 6.07) is 18.9. The van der Waals surface area contributed by atoms with Gasteiger partial charge in [0, 0.05) is 29.8 Å². The maximum Gasteiger partial charge on any atom is 0.333 e. The molecule has 0 bridgehead atoms. The van der Waals surface area contributed by atoms with Gasteiger partial charge in [-0.05, 0) is 77.4 Å². The number of anilines is 2. The number of benzene rings is 4. The third-order valence-corrected chi connectivity index (χ3v) is 8.63. The Morgan fingerprint density at radius 3 is 1.48 bits per heavy atom. The van der Waals surface area contributed by atoms with Gasteiger partial charge in [-0.1, -0.05) is 60.3 Å². The summed E-state index contributed by atoms with van der Waals surface area (Å²) >= 11 is 25.5. The van der Waals surface area contributed by atoms with Crippen LogP contribution in [-0.4, -0.2) is 36.2 Å². The molecule has 288 valence electrons. The minimum absolute atomic E-state index is 0.0180. The molecule has 0 aliphatic rings. The fraction of sp³-hybridized carbons (Fsp3) is 0.205. The summed E-state index contributed by atoms with van der Waals surface area (Å²) in [7, 11) is 0. The quantitative estimate of drug-likeness (QED) is 0.0781. The first kappa shape index (κ1) is 42.9. The summed E-state index contributed by atoms with van der Waals surface area (Å²) in [5.41, 5.74) is 2.83. The number of nitriles is 2. The molecular weight excluding hydrogens is 808 g/mol. The van der Waals surface area contributed by atoms with Gasteiger partial charge in [-0.2, -0.15) is 10.5 Å². The van der Waals surface area contributed by atoms with Crippen LogP contribution in [0.4, 0.5) is 11.4 Å². The molecule has 0 aliphatic carbocycles. The molecule has 0 saturated carbocycles. The van der Waals surface area contributed by atoms with E-state index in [9.17, 15) is 34.5 Å².